The quantitative estimate of drug-likeness (QED) is 0.180. The maximum Gasteiger partial charge on any atom is 0.101 e. The fourth-order valence-corrected chi connectivity index (χ4v) is 8.45. The minimum atomic E-state index is -0.0782. The molecule has 0 aliphatic carbocycles. The Labute approximate surface area is 344 Å². The molecule has 0 unspecified atom stereocenters. The summed E-state index contributed by atoms with van der Waals surface area (Å²) in [7, 11) is 0. The van der Waals surface area contributed by atoms with Gasteiger partial charge in [0.1, 0.15) is 6.07 Å². The lowest BCUT2D eigenvalue weighted by Gasteiger charge is -2.23. The van der Waals surface area contributed by atoms with E-state index in [1.54, 1.807) is 0 Å². The monoisotopic (exact) mass is 758 g/mol. The van der Waals surface area contributed by atoms with Crippen LogP contribution >= 0.6 is 0 Å². The number of hydrogen-bond donors (Lipinski definition) is 0. The molecule has 0 radical (unpaired) electrons. The van der Waals surface area contributed by atoms with Crippen LogP contribution in [0.3, 0.4) is 0 Å². The zero-order chi connectivity index (χ0) is 41.7. The molecule has 0 fully saturated rings. The van der Waals surface area contributed by atoms with Crippen molar-refractivity contribution in [3.63, 3.8) is 0 Å². The van der Waals surface area contributed by atoms with Crippen LogP contribution in [-0.2, 0) is 21.7 Å². The van der Waals surface area contributed by atoms with Gasteiger partial charge in [0.15, 0.2) is 0 Å². The van der Waals surface area contributed by atoms with Crippen LogP contribution < -0.4 is 0 Å². The van der Waals surface area contributed by atoms with E-state index >= 15 is 0 Å². The molecule has 4 heteroatoms. The summed E-state index contributed by atoms with van der Waals surface area (Å²) >= 11 is 0. The molecule has 0 N–H and O–H groups in total. The number of hydrogen-bond acceptors (Lipinski definition) is 2. The zero-order valence-corrected chi connectivity index (χ0v) is 36.2. The number of rotatable bonds is 3. The normalized spacial score (nSPS) is 12.8. The topological polar surface area (TPSA) is 57.4 Å². The third-order valence-electron chi connectivity index (χ3n) is 12.0. The summed E-state index contributed by atoms with van der Waals surface area (Å²) in [6, 6.07) is 44.6. The molecule has 0 spiro atoms. The van der Waals surface area contributed by atoms with Crippen LogP contribution in [0.5, 0.6) is 0 Å². The Hall–Kier alpha value is -6.10. The van der Waals surface area contributed by atoms with E-state index in [-0.39, 0.29) is 21.7 Å². The summed E-state index contributed by atoms with van der Waals surface area (Å²) in [5.74, 6) is 0. The van der Waals surface area contributed by atoms with Gasteiger partial charge < -0.3 is 9.13 Å². The first-order chi connectivity index (χ1) is 27.2. The molecule has 2 heterocycles. The molecule has 2 aromatic heterocycles. The SMILES string of the molecule is CC(C)(C)c1ccc2c3ccc(C(C)(C)C)cc3n(-c3cc(-c4cccc(C#N)c4)c(-n4c5cc(C(C)(C)C)ccc5c5ccc(C(C)(C)C)cc54)cc3C#N)c2c1. The van der Waals surface area contributed by atoms with Crippen molar-refractivity contribution in [3.8, 4) is 34.6 Å². The van der Waals surface area contributed by atoms with Gasteiger partial charge in [-0.25, -0.2) is 0 Å². The lowest BCUT2D eigenvalue weighted by molar-refractivity contribution is 0.590. The number of fused-ring (bicyclic) bond motifs is 6. The number of nitrogens with zero attached hydrogens (tertiary/aromatic N) is 4. The molecule has 0 bridgehead atoms. The molecule has 0 amide bonds. The van der Waals surface area contributed by atoms with Crippen molar-refractivity contribution in [2.24, 2.45) is 0 Å². The molecule has 58 heavy (non-hydrogen) atoms. The molecule has 6 aromatic carbocycles. The van der Waals surface area contributed by atoms with E-state index < -0.39 is 0 Å². The van der Waals surface area contributed by atoms with Gasteiger partial charge in [0, 0.05) is 27.1 Å². The highest BCUT2D eigenvalue weighted by Crippen LogP contribution is 2.44. The summed E-state index contributed by atoms with van der Waals surface area (Å²) in [6.45, 7) is 27.0. The van der Waals surface area contributed by atoms with Gasteiger partial charge in [0.2, 0.25) is 0 Å². The van der Waals surface area contributed by atoms with Gasteiger partial charge in [-0.2, -0.15) is 10.5 Å². The van der Waals surface area contributed by atoms with E-state index in [9.17, 15) is 10.5 Å². The number of nitriles is 2. The molecule has 0 atom stereocenters. The van der Waals surface area contributed by atoms with E-state index in [2.05, 4.69) is 195 Å². The largest absolute Gasteiger partial charge is 0.309 e. The number of benzene rings is 6. The second-order valence-electron chi connectivity index (χ2n) is 20.3. The van der Waals surface area contributed by atoms with E-state index in [0.717, 1.165) is 66.1 Å². The lowest BCUT2D eigenvalue weighted by atomic mass is 9.86. The van der Waals surface area contributed by atoms with E-state index in [4.69, 9.17) is 0 Å². The third kappa shape index (κ3) is 6.46. The fourth-order valence-electron chi connectivity index (χ4n) is 8.45. The van der Waals surface area contributed by atoms with E-state index in [1.165, 1.54) is 22.3 Å². The Bertz CT molecular complexity index is 2910. The van der Waals surface area contributed by atoms with Gasteiger partial charge in [-0.1, -0.05) is 144 Å². The summed E-state index contributed by atoms with van der Waals surface area (Å²) in [4.78, 5) is 0. The number of aromatic nitrogens is 2. The molecule has 8 rings (SSSR count). The predicted octanol–water partition coefficient (Wildman–Crippen LogP) is 14.5. The first-order valence-corrected chi connectivity index (χ1v) is 20.5. The molecule has 8 aromatic rings. The average molecular weight is 759 g/mol. The van der Waals surface area contributed by atoms with Gasteiger partial charge in [0.05, 0.1) is 50.6 Å². The van der Waals surface area contributed by atoms with Crippen LogP contribution in [0.2, 0.25) is 0 Å². The molecular weight excluding hydrogens is 705 g/mol. The molecule has 0 aliphatic heterocycles. The summed E-state index contributed by atoms with van der Waals surface area (Å²) < 4.78 is 4.69. The highest BCUT2D eigenvalue weighted by molar-refractivity contribution is 6.12. The smallest absolute Gasteiger partial charge is 0.101 e. The second kappa shape index (κ2) is 13.2. The Morgan fingerprint density at radius 1 is 0.397 bits per heavy atom. The highest BCUT2D eigenvalue weighted by Gasteiger charge is 2.26. The van der Waals surface area contributed by atoms with E-state index in [0.29, 0.717) is 11.1 Å². The molecule has 4 nitrogen and oxygen atoms in total. The fraction of sp³-hybridized carbons (Fsp3) is 0.296. The lowest BCUT2D eigenvalue weighted by Crippen LogP contribution is -2.12. The molecule has 0 aliphatic rings. The Morgan fingerprint density at radius 3 is 1.12 bits per heavy atom. The van der Waals surface area contributed by atoms with Crippen LogP contribution in [0.25, 0.3) is 66.1 Å². The summed E-state index contributed by atoms with van der Waals surface area (Å²) in [5.41, 5.74) is 13.7. The third-order valence-corrected chi connectivity index (χ3v) is 12.0. The van der Waals surface area contributed by atoms with Crippen molar-refractivity contribution in [3.05, 3.63) is 143 Å². The highest BCUT2D eigenvalue weighted by atomic mass is 15.0. The Balaban J connectivity index is 1.57. The molecule has 290 valence electrons. The minimum Gasteiger partial charge on any atom is -0.309 e. The Morgan fingerprint density at radius 2 is 0.776 bits per heavy atom. The van der Waals surface area contributed by atoms with Crippen molar-refractivity contribution in [1.29, 1.82) is 10.5 Å². The Kier molecular flexibility index (Phi) is 8.84. The minimum absolute atomic E-state index is 0.0774. The van der Waals surface area contributed by atoms with Crippen LogP contribution in [0.4, 0.5) is 0 Å². The first-order valence-electron chi connectivity index (χ1n) is 20.5. The first kappa shape index (κ1) is 38.8. The zero-order valence-electron chi connectivity index (χ0n) is 36.2. The van der Waals surface area contributed by atoms with Gasteiger partial charge in [-0.15, -0.1) is 0 Å². The van der Waals surface area contributed by atoms with Crippen LogP contribution in [0, 0.1) is 22.7 Å². The van der Waals surface area contributed by atoms with Crippen molar-refractivity contribution < 1.29 is 0 Å². The predicted molar refractivity (Wildman–Crippen MR) is 245 cm³/mol. The maximum absolute atomic E-state index is 11.3. The molecule has 0 saturated heterocycles. The van der Waals surface area contributed by atoms with Gasteiger partial charge in [0.25, 0.3) is 0 Å². The van der Waals surface area contributed by atoms with Gasteiger partial charge in [-0.3, -0.25) is 0 Å². The van der Waals surface area contributed by atoms with Crippen LogP contribution in [-0.4, -0.2) is 9.13 Å². The molecular formula is C54H54N4. The standard InChI is InChI=1S/C54H54N4/c1-51(2,3)36-16-20-40-41-21-17-37(52(4,5)6)27-48(41)57(47(40)26-36)45-30-44(34-15-13-14-33(24-34)31-55)46(25-35(45)32-56)58-49-28-38(53(7,8)9)18-22-42(49)43-23-19-39(29-50(43)58)54(10,11)12/h13-30H,1-12H3. The second-order valence-corrected chi connectivity index (χ2v) is 20.3. The summed E-state index contributed by atoms with van der Waals surface area (Å²) in [6.07, 6.45) is 0. The van der Waals surface area contributed by atoms with Crippen molar-refractivity contribution >= 4 is 43.6 Å². The van der Waals surface area contributed by atoms with Crippen molar-refractivity contribution in [1.82, 2.24) is 9.13 Å². The van der Waals surface area contributed by atoms with Crippen molar-refractivity contribution in [2.75, 3.05) is 0 Å². The average Bonchev–Trinajstić information content (AvgIpc) is 3.67. The van der Waals surface area contributed by atoms with Crippen LogP contribution in [0.1, 0.15) is 116 Å². The van der Waals surface area contributed by atoms with Gasteiger partial charge >= 0.3 is 0 Å². The van der Waals surface area contributed by atoms with Crippen LogP contribution in [0.15, 0.2) is 109 Å². The van der Waals surface area contributed by atoms with Crippen molar-refractivity contribution in [2.45, 2.75) is 105 Å². The maximum atomic E-state index is 11.3. The molecule has 0 saturated carbocycles. The summed E-state index contributed by atoms with van der Waals surface area (Å²) in [5, 5.41) is 26.1. The van der Waals surface area contributed by atoms with Gasteiger partial charge in [-0.05, 0) is 98.0 Å². The van der Waals surface area contributed by atoms with E-state index in [1.807, 2.05) is 18.2 Å².